The Morgan fingerprint density at radius 3 is 2.72 bits per heavy atom. The molecular weight excluding hydrogens is 346 g/mol. The zero-order valence-electron chi connectivity index (χ0n) is 12.9. The summed E-state index contributed by atoms with van der Waals surface area (Å²) in [5.74, 6) is 1.57. The summed E-state index contributed by atoms with van der Waals surface area (Å²) >= 11 is 5.85. The summed E-state index contributed by atoms with van der Waals surface area (Å²) < 4.78 is 16.0. The van der Waals surface area contributed by atoms with Crippen molar-refractivity contribution in [2.24, 2.45) is 0 Å². The zero-order valence-corrected chi connectivity index (χ0v) is 13.6. The lowest BCUT2D eigenvalue weighted by Crippen LogP contribution is -2.22. The van der Waals surface area contributed by atoms with Gasteiger partial charge in [0.2, 0.25) is 18.6 Å². The fourth-order valence-corrected chi connectivity index (χ4v) is 2.46. The van der Waals surface area contributed by atoms with E-state index < -0.39 is 0 Å². The van der Waals surface area contributed by atoms with Gasteiger partial charge in [0.05, 0.1) is 6.54 Å². The van der Waals surface area contributed by atoms with E-state index in [2.05, 4.69) is 15.5 Å². The van der Waals surface area contributed by atoms with Crippen LogP contribution in [0, 0.1) is 0 Å². The first kappa shape index (κ1) is 15.5. The highest BCUT2D eigenvalue weighted by Gasteiger charge is 2.17. The van der Waals surface area contributed by atoms with Crippen molar-refractivity contribution in [3.05, 3.63) is 58.9 Å². The van der Waals surface area contributed by atoms with Crippen molar-refractivity contribution in [1.29, 1.82) is 0 Å². The van der Waals surface area contributed by atoms with E-state index in [4.69, 9.17) is 25.5 Å². The van der Waals surface area contributed by atoms with E-state index in [1.807, 2.05) is 0 Å². The van der Waals surface area contributed by atoms with Crippen LogP contribution in [0.1, 0.15) is 16.2 Å². The maximum Gasteiger partial charge on any atom is 0.251 e. The Labute approximate surface area is 147 Å². The number of aromatic nitrogens is 2. The average Bonchev–Trinajstić information content (AvgIpc) is 3.29. The summed E-state index contributed by atoms with van der Waals surface area (Å²) in [6, 6.07) is 12.0. The molecule has 126 valence electrons. The average molecular weight is 358 g/mol. The summed E-state index contributed by atoms with van der Waals surface area (Å²) in [5.41, 5.74) is 1.21. The predicted octanol–water partition coefficient (Wildman–Crippen LogP) is 3.05. The molecule has 1 aliphatic heterocycles. The molecule has 0 aliphatic carbocycles. The molecule has 4 rings (SSSR count). The van der Waals surface area contributed by atoms with Crippen LogP contribution in [0.2, 0.25) is 5.02 Å². The summed E-state index contributed by atoms with van der Waals surface area (Å²) in [6.45, 7) is 0.281. The molecule has 1 aromatic heterocycles. The highest BCUT2D eigenvalue weighted by atomic mass is 35.5. The lowest BCUT2D eigenvalue weighted by Gasteiger charge is -2.03. The molecule has 0 atom stereocenters. The summed E-state index contributed by atoms with van der Waals surface area (Å²) in [4.78, 5) is 12.2. The fraction of sp³-hybridized carbons (Fsp3) is 0.118. The van der Waals surface area contributed by atoms with Crippen molar-refractivity contribution in [2.75, 3.05) is 6.79 Å². The van der Waals surface area contributed by atoms with Gasteiger partial charge in [-0.2, -0.15) is 0 Å². The van der Waals surface area contributed by atoms with E-state index in [0.717, 1.165) is 5.56 Å². The molecule has 0 saturated carbocycles. The van der Waals surface area contributed by atoms with Gasteiger partial charge in [-0.15, -0.1) is 10.2 Å². The minimum atomic E-state index is -0.274. The maximum absolute atomic E-state index is 12.2. The van der Waals surface area contributed by atoms with Crippen LogP contribution in [0.5, 0.6) is 11.5 Å². The molecule has 1 N–H and O–H groups in total. The first-order valence-corrected chi connectivity index (χ1v) is 7.83. The molecule has 2 aromatic carbocycles. The van der Waals surface area contributed by atoms with E-state index in [1.54, 1.807) is 42.5 Å². The minimum absolute atomic E-state index is 0.119. The third-order valence-corrected chi connectivity index (χ3v) is 3.84. The van der Waals surface area contributed by atoms with Gasteiger partial charge in [0.25, 0.3) is 5.91 Å². The molecule has 0 fully saturated rings. The van der Waals surface area contributed by atoms with Gasteiger partial charge >= 0.3 is 0 Å². The van der Waals surface area contributed by atoms with Crippen molar-refractivity contribution in [1.82, 2.24) is 15.5 Å². The third-order valence-electron chi connectivity index (χ3n) is 3.59. The number of nitrogens with zero attached hydrogens (tertiary/aromatic N) is 2. The van der Waals surface area contributed by atoms with Crippen LogP contribution in [0.4, 0.5) is 0 Å². The number of rotatable bonds is 4. The lowest BCUT2D eigenvalue weighted by atomic mass is 10.2. The van der Waals surface area contributed by atoms with Crippen molar-refractivity contribution in [3.63, 3.8) is 0 Å². The highest BCUT2D eigenvalue weighted by Crippen LogP contribution is 2.32. The van der Waals surface area contributed by atoms with Gasteiger partial charge in [0.15, 0.2) is 11.5 Å². The van der Waals surface area contributed by atoms with Crippen molar-refractivity contribution in [2.45, 2.75) is 6.54 Å². The normalized spacial score (nSPS) is 12.2. The molecule has 0 bridgehead atoms. The first-order chi connectivity index (χ1) is 12.2. The quantitative estimate of drug-likeness (QED) is 0.772. The van der Waals surface area contributed by atoms with E-state index >= 15 is 0 Å². The highest BCUT2D eigenvalue weighted by molar-refractivity contribution is 6.30. The molecule has 0 unspecified atom stereocenters. The summed E-state index contributed by atoms with van der Waals surface area (Å²) in [5, 5.41) is 11.2. The summed E-state index contributed by atoms with van der Waals surface area (Å²) in [7, 11) is 0. The predicted molar refractivity (Wildman–Crippen MR) is 88.5 cm³/mol. The molecule has 25 heavy (non-hydrogen) atoms. The van der Waals surface area contributed by atoms with Crippen LogP contribution in [-0.2, 0) is 6.54 Å². The number of nitrogens with one attached hydrogen (secondary N) is 1. The lowest BCUT2D eigenvalue weighted by molar-refractivity contribution is 0.0947. The molecule has 1 amide bonds. The summed E-state index contributed by atoms with van der Waals surface area (Å²) in [6.07, 6.45) is 0. The molecule has 8 heteroatoms. The van der Waals surface area contributed by atoms with E-state index in [1.165, 1.54) is 0 Å². The molecule has 0 spiro atoms. The number of carbonyl (C=O) groups excluding carboxylic acids is 1. The van der Waals surface area contributed by atoms with E-state index in [-0.39, 0.29) is 19.2 Å². The number of benzene rings is 2. The Bertz CT molecular complexity index is 924. The number of ether oxygens (including phenoxy) is 2. The largest absolute Gasteiger partial charge is 0.454 e. The van der Waals surface area contributed by atoms with Crippen molar-refractivity contribution >= 4 is 17.5 Å². The molecule has 1 aliphatic rings. The van der Waals surface area contributed by atoms with E-state index in [9.17, 15) is 4.79 Å². The Morgan fingerprint density at radius 1 is 1.08 bits per heavy atom. The number of hydrogen-bond donors (Lipinski definition) is 1. The maximum atomic E-state index is 12.2. The smallest absolute Gasteiger partial charge is 0.251 e. The Balaban J connectivity index is 1.41. The van der Waals surface area contributed by atoms with Gasteiger partial charge in [0.1, 0.15) is 0 Å². The standard InChI is InChI=1S/C17H12ClN3O4/c18-12-4-1-10(2-5-12)17-21-20-15(25-17)8-19-16(22)11-3-6-13-14(7-11)24-9-23-13/h1-7H,8-9H2,(H,19,22). The van der Waals surface area contributed by atoms with Crippen LogP contribution in [0.15, 0.2) is 46.9 Å². The fourth-order valence-electron chi connectivity index (χ4n) is 2.33. The number of fused-ring (bicyclic) bond motifs is 1. The second-order valence-corrected chi connectivity index (χ2v) is 5.70. The Hall–Kier alpha value is -3.06. The van der Waals surface area contributed by atoms with Gasteiger partial charge < -0.3 is 19.2 Å². The molecule has 0 saturated heterocycles. The third kappa shape index (κ3) is 3.27. The number of halogens is 1. The van der Waals surface area contributed by atoms with Crippen molar-refractivity contribution < 1.29 is 18.7 Å². The zero-order chi connectivity index (χ0) is 17.2. The van der Waals surface area contributed by atoms with Gasteiger partial charge in [0, 0.05) is 16.1 Å². The van der Waals surface area contributed by atoms with Gasteiger partial charge in [-0.1, -0.05) is 11.6 Å². The molecule has 0 radical (unpaired) electrons. The minimum Gasteiger partial charge on any atom is -0.454 e. The molecule has 2 heterocycles. The van der Waals surface area contributed by atoms with E-state index in [0.29, 0.717) is 33.9 Å². The molecule has 7 nitrogen and oxygen atoms in total. The monoisotopic (exact) mass is 357 g/mol. The number of hydrogen-bond acceptors (Lipinski definition) is 6. The van der Waals surface area contributed by atoms with Crippen LogP contribution in [-0.4, -0.2) is 22.9 Å². The van der Waals surface area contributed by atoms with Crippen LogP contribution in [0.25, 0.3) is 11.5 Å². The van der Waals surface area contributed by atoms with Gasteiger partial charge in [-0.3, -0.25) is 4.79 Å². The molecular formula is C17H12ClN3O4. The first-order valence-electron chi connectivity index (χ1n) is 7.45. The number of carbonyl (C=O) groups is 1. The SMILES string of the molecule is O=C(NCc1nnc(-c2ccc(Cl)cc2)o1)c1ccc2c(c1)OCO2. The Morgan fingerprint density at radius 2 is 1.88 bits per heavy atom. The second-order valence-electron chi connectivity index (χ2n) is 5.26. The second kappa shape index (κ2) is 6.45. The Kier molecular flexibility index (Phi) is 3.99. The van der Waals surface area contributed by atoms with Gasteiger partial charge in [-0.05, 0) is 42.5 Å². The number of amides is 1. The van der Waals surface area contributed by atoms with Gasteiger partial charge in [-0.25, -0.2) is 0 Å². The topological polar surface area (TPSA) is 86.5 Å². The van der Waals surface area contributed by atoms with Crippen molar-refractivity contribution in [3.8, 4) is 23.0 Å². The molecule has 3 aromatic rings. The van der Waals surface area contributed by atoms with Crippen LogP contribution >= 0.6 is 11.6 Å². The van der Waals surface area contributed by atoms with Crippen LogP contribution < -0.4 is 14.8 Å². The van der Waals surface area contributed by atoms with Crippen LogP contribution in [0.3, 0.4) is 0 Å².